The fourth-order valence-corrected chi connectivity index (χ4v) is 2.23. The van der Waals surface area contributed by atoms with Gasteiger partial charge in [0.15, 0.2) is 5.78 Å². The first-order valence-corrected chi connectivity index (χ1v) is 5.87. The summed E-state index contributed by atoms with van der Waals surface area (Å²) in [6.07, 6.45) is 3.80. The number of hydrogen-bond donors (Lipinski definition) is 1. The maximum Gasteiger partial charge on any atom is 0.179 e. The van der Waals surface area contributed by atoms with Gasteiger partial charge < -0.3 is 5.73 Å². The highest BCUT2D eigenvalue weighted by Crippen LogP contribution is 2.12. The summed E-state index contributed by atoms with van der Waals surface area (Å²) in [4.78, 5) is 16.9. The Morgan fingerprint density at radius 1 is 1.38 bits per heavy atom. The number of carbonyl (C=O) groups excluding carboxylic acids is 1. The second-order valence-electron chi connectivity index (χ2n) is 3.49. The molecule has 0 spiro atoms. The maximum absolute atomic E-state index is 11.9. The van der Waals surface area contributed by atoms with E-state index in [2.05, 4.69) is 4.98 Å². The zero-order valence-electron chi connectivity index (χ0n) is 8.67. The zero-order chi connectivity index (χ0) is 11.4. The third-order valence-corrected chi connectivity index (χ3v) is 3.20. The van der Waals surface area contributed by atoms with Gasteiger partial charge in [-0.3, -0.25) is 9.78 Å². The topological polar surface area (TPSA) is 56.0 Å². The summed E-state index contributed by atoms with van der Waals surface area (Å²) in [6, 6.07) is 6.86. The molecular formula is C12H12N2OS. The fraction of sp³-hybridized carbons (Fsp3) is 0.167. The highest BCUT2D eigenvalue weighted by molar-refractivity contribution is 7.09. The summed E-state index contributed by atoms with van der Waals surface area (Å²) in [6.45, 7) is 0. The predicted molar refractivity (Wildman–Crippen MR) is 64.6 cm³/mol. The second-order valence-corrected chi connectivity index (χ2v) is 4.52. The first-order chi connectivity index (χ1) is 7.77. The van der Waals surface area contributed by atoms with Gasteiger partial charge in [0.25, 0.3) is 0 Å². The van der Waals surface area contributed by atoms with Crippen LogP contribution in [0.2, 0.25) is 0 Å². The van der Waals surface area contributed by atoms with Gasteiger partial charge in [0.2, 0.25) is 0 Å². The van der Waals surface area contributed by atoms with E-state index in [1.54, 1.807) is 35.9 Å². The molecule has 3 nitrogen and oxygen atoms in total. The summed E-state index contributed by atoms with van der Waals surface area (Å²) in [5.74, 6) is -0.0317. The molecule has 0 amide bonds. The van der Waals surface area contributed by atoms with Crippen LogP contribution in [-0.4, -0.2) is 16.8 Å². The molecule has 0 aliphatic carbocycles. The molecule has 0 aliphatic heterocycles. The van der Waals surface area contributed by atoms with Crippen molar-refractivity contribution >= 4 is 17.1 Å². The van der Waals surface area contributed by atoms with E-state index in [0.717, 1.165) is 4.88 Å². The van der Waals surface area contributed by atoms with Crippen LogP contribution in [0.5, 0.6) is 0 Å². The number of pyridine rings is 1. The number of rotatable bonds is 4. The van der Waals surface area contributed by atoms with Gasteiger partial charge in [0.1, 0.15) is 0 Å². The average Bonchev–Trinajstić information content (AvgIpc) is 2.82. The maximum atomic E-state index is 11.9. The van der Waals surface area contributed by atoms with Crippen molar-refractivity contribution in [3.05, 3.63) is 52.5 Å². The first-order valence-electron chi connectivity index (χ1n) is 4.99. The van der Waals surface area contributed by atoms with Gasteiger partial charge in [-0.2, -0.15) is 0 Å². The molecule has 0 aliphatic rings. The number of Topliss-reactive ketones (excluding diaryl/α,β-unsaturated/α-hetero) is 1. The van der Waals surface area contributed by atoms with Crippen LogP contribution in [0.4, 0.5) is 0 Å². The van der Waals surface area contributed by atoms with Crippen molar-refractivity contribution in [1.82, 2.24) is 4.98 Å². The first kappa shape index (κ1) is 11.0. The average molecular weight is 232 g/mol. The van der Waals surface area contributed by atoms with Gasteiger partial charge in [-0.25, -0.2) is 0 Å². The van der Waals surface area contributed by atoms with Gasteiger partial charge in [-0.1, -0.05) is 6.07 Å². The second kappa shape index (κ2) is 5.01. The molecule has 0 saturated carbocycles. The molecule has 2 N–H and O–H groups in total. The number of aromatic nitrogens is 1. The standard InChI is InChI=1S/C12H12N2OS/c13-11(8-10-2-1-7-16-10)12(15)9-3-5-14-6-4-9/h1-7,11H,8,13H2. The van der Waals surface area contributed by atoms with Crippen molar-refractivity contribution in [3.63, 3.8) is 0 Å². The molecule has 0 radical (unpaired) electrons. The summed E-state index contributed by atoms with van der Waals surface area (Å²) in [7, 11) is 0. The minimum atomic E-state index is -0.471. The molecule has 0 aromatic carbocycles. The number of hydrogen-bond acceptors (Lipinski definition) is 4. The number of ketones is 1. The summed E-state index contributed by atoms with van der Waals surface area (Å²) >= 11 is 1.62. The van der Waals surface area contributed by atoms with Gasteiger partial charge in [-0.15, -0.1) is 11.3 Å². The van der Waals surface area contributed by atoms with Crippen molar-refractivity contribution in [2.75, 3.05) is 0 Å². The highest BCUT2D eigenvalue weighted by Gasteiger charge is 2.16. The van der Waals surface area contributed by atoms with E-state index >= 15 is 0 Å². The van der Waals surface area contributed by atoms with Crippen LogP contribution in [0, 0.1) is 0 Å². The van der Waals surface area contributed by atoms with E-state index in [1.165, 1.54) is 0 Å². The van der Waals surface area contributed by atoms with Gasteiger partial charge in [-0.05, 0) is 23.6 Å². The normalized spacial score (nSPS) is 12.3. The molecule has 1 atom stereocenters. The molecular weight excluding hydrogens is 220 g/mol. The van der Waals surface area contributed by atoms with E-state index in [4.69, 9.17) is 5.73 Å². The van der Waals surface area contributed by atoms with E-state index in [1.807, 2.05) is 17.5 Å². The fourth-order valence-electron chi connectivity index (χ4n) is 1.47. The number of carbonyl (C=O) groups is 1. The lowest BCUT2D eigenvalue weighted by molar-refractivity contribution is 0.0961. The minimum Gasteiger partial charge on any atom is -0.321 e. The van der Waals surface area contributed by atoms with Crippen LogP contribution in [0.1, 0.15) is 15.2 Å². The van der Waals surface area contributed by atoms with Crippen LogP contribution in [0.3, 0.4) is 0 Å². The van der Waals surface area contributed by atoms with Crippen molar-refractivity contribution in [2.45, 2.75) is 12.5 Å². The molecule has 2 heterocycles. The Kier molecular flexibility index (Phi) is 3.44. The Morgan fingerprint density at radius 3 is 2.75 bits per heavy atom. The van der Waals surface area contributed by atoms with Crippen LogP contribution >= 0.6 is 11.3 Å². The van der Waals surface area contributed by atoms with Gasteiger partial charge >= 0.3 is 0 Å². The molecule has 2 rings (SSSR count). The van der Waals surface area contributed by atoms with Crippen molar-refractivity contribution < 1.29 is 4.79 Å². The quantitative estimate of drug-likeness (QED) is 0.819. The zero-order valence-corrected chi connectivity index (χ0v) is 9.48. The minimum absolute atomic E-state index is 0.0317. The Hall–Kier alpha value is -1.52. The van der Waals surface area contributed by atoms with E-state index in [-0.39, 0.29) is 5.78 Å². The van der Waals surface area contributed by atoms with E-state index in [0.29, 0.717) is 12.0 Å². The lowest BCUT2D eigenvalue weighted by atomic mass is 10.0. The van der Waals surface area contributed by atoms with Gasteiger partial charge in [0, 0.05) is 29.3 Å². The summed E-state index contributed by atoms with van der Waals surface area (Å²) in [5, 5.41) is 1.99. The van der Waals surface area contributed by atoms with Crippen LogP contribution < -0.4 is 5.73 Å². The molecule has 0 saturated heterocycles. The largest absolute Gasteiger partial charge is 0.321 e. The van der Waals surface area contributed by atoms with Crippen LogP contribution in [0.25, 0.3) is 0 Å². The van der Waals surface area contributed by atoms with Crippen LogP contribution in [-0.2, 0) is 6.42 Å². The Morgan fingerprint density at radius 2 is 2.12 bits per heavy atom. The molecule has 2 aromatic heterocycles. The van der Waals surface area contributed by atoms with Gasteiger partial charge in [0.05, 0.1) is 6.04 Å². The van der Waals surface area contributed by atoms with E-state index in [9.17, 15) is 4.79 Å². The monoisotopic (exact) mass is 232 g/mol. The third kappa shape index (κ3) is 2.53. The molecule has 82 valence electrons. The van der Waals surface area contributed by atoms with Crippen LogP contribution in [0.15, 0.2) is 42.0 Å². The number of thiophene rings is 1. The van der Waals surface area contributed by atoms with E-state index < -0.39 is 6.04 Å². The smallest absolute Gasteiger partial charge is 0.179 e. The van der Waals surface area contributed by atoms with Crippen molar-refractivity contribution in [3.8, 4) is 0 Å². The molecule has 0 bridgehead atoms. The molecule has 16 heavy (non-hydrogen) atoms. The number of nitrogens with two attached hydrogens (primary N) is 1. The molecule has 2 aromatic rings. The highest BCUT2D eigenvalue weighted by atomic mass is 32.1. The summed E-state index contributed by atoms with van der Waals surface area (Å²) in [5.41, 5.74) is 6.50. The van der Waals surface area contributed by atoms with Crippen molar-refractivity contribution in [1.29, 1.82) is 0 Å². The Balaban J connectivity index is 2.05. The SMILES string of the molecule is NC(Cc1cccs1)C(=O)c1ccncc1. The molecule has 1 unspecified atom stereocenters. The van der Waals surface area contributed by atoms with Crippen molar-refractivity contribution in [2.24, 2.45) is 5.73 Å². The Bertz CT molecular complexity index is 453. The lowest BCUT2D eigenvalue weighted by Crippen LogP contribution is -2.32. The predicted octanol–water partition coefficient (Wildman–Crippen LogP) is 1.90. The molecule has 4 heteroatoms. The third-order valence-electron chi connectivity index (χ3n) is 2.30. The number of nitrogens with zero attached hydrogens (tertiary/aromatic N) is 1. The lowest BCUT2D eigenvalue weighted by Gasteiger charge is -2.08. The summed E-state index contributed by atoms with van der Waals surface area (Å²) < 4.78 is 0. The molecule has 0 fully saturated rings. The Labute approximate surface area is 97.9 Å².